The van der Waals surface area contributed by atoms with Crippen LogP contribution in [0.15, 0.2) is 59.4 Å². The largest absolute Gasteiger partial charge is 0.340 e. The molecule has 29 heavy (non-hydrogen) atoms. The van der Waals surface area contributed by atoms with Gasteiger partial charge < -0.3 is 9.84 Å². The first kappa shape index (κ1) is 20.5. The predicted molar refractivity (Wildman–Crippen MR) is 113 cm³/mol. The van der Waals surface area contributed by atoms with Crippen LogP contribution in [0.2, 0.25) is 0 Å². The van der Waals surface area contributed by atoms with Gasteiger partial charge in [-0.3, -0.25) is 9.78 Å². The molecule has 1 amide bonds. The van der Waals surface area contributed by atoms with Gasteiger partial charge in [0.1, 0.15) is 6.04 Å². The van der Waals surface area contributed by atoms with Gasteiger partial charge in [0.25, 0.3) is 0 Å². The van der Waals surface area contributed by atoms with E-state index in [1.165, 1.54) is 11.6 Å². The first-order chi connectivity index (χ1) is 13.9. The number of pyridine rings is 1. The summed E-state index contributed by atoms with van der Waals surface area (Å²) < 4.78 is 5.41. The summed E-state index contributed by atoms with van der Waals surface area (Å²) in [5, 5.41) is 6.98. The van der Waals surface area contributed by atoms with E-state index >= 15 is 0 Å². The molecule has 0 radical (unpaired) electrons. The molecule has 150 valence electrons. The van der Waals surface area contributed by atoms with E-state index in [1.54, 1.807) is 18.5 Å². The number of hydrogen-bond donors (Lipinski definition) is 1. The Bertz CT molecular complexity index is 960. The van der Waals surface area contributed by atoms with Crippen molar-refractivity contribution in [1.29, 1.82) is 0 Å². The molecule has 0 saturated carbocycles. The summed E-state index contributed by atoms with van der Waals surface area (Å²) >= 11 is 0. The number of nitrogens with one attached hydrogen (secondary N) is 1. The van der Waals surface area contributed by atoms with Crippen molar-refractivity contribution in [3.8, 4) is 11.4 Å². The molecule has 1 N–H and O–H groups in total. The van der Waals surface area contributed by atoms with E-state index in [4.69, 9.17) is 4.52 Å². The van der Waals surface area contributed by atoms with Crippen LogP contribution in [-0.2, 0) is 4.79 Å². The molecule has 6 nitrogen and oxygen atoms in total. The van der Waals surface area contributed by atoms with Crippen molar-refractivity contribution < 1.29 is 9.32 Å². The first-order valence-electron chi connectivity index (χ1n) is 9.76. The zero-order valence-corrected chi connectivity index (χ0v) is 17.2. The third kappa shape index (κ3) is 5.38. The fourth-order valence-electron chi connectivity index (χ4n) is 2.85. The summed E-state index contributed by atoms with van der Waals surface area (Å²) in [5.41, 5.74) is 3.01. The van der Waals surface area contributed by atoms with E-state index in [2.05, 4.69) is 46.4 Å². The Morgan fingerprint density at radius 3 is 2.48 bits per heavy atom. The highest BCUT2D eigenvalue weighted by Gasteiger charge is 2.24. The maximum Gasteiger partial charge on any atom is 0.249 e. The van der Waals surface area contributed by atoms with Crippen molar-refractivity contribution in [3.63, 3.8) is 0 Å². The second kappa shape index (κ2) is 9.28. The van der Waals surface area contributed by atoms with Crippen LogP contribution in [-0.4, -0.2) is 21.0 Å². The topological polar surface area (TPSA) is 80.9 Å². The van der Waals surface area contributed by atoms with Gasteiger partial charge in [0, 0.05) is 24.0 Å². The van der Waals surface area contributed by atoms with E-state index in [9.17, 15) is 4.79 Å². The number of amides is 1. The minimum Gasteiger partial charge on any atom is -0.340 e. The van der Waals surface area contributed by atoms with Gasteiger partial charge in [-0.05, 0) is 41.2 Å². The third-order valence-electron chi connectivity index (χ3n) is 4.62. The van der Waals surface area contributed by atoms with E-state index < -0.39 is 0 Å². The van der Waals surface area contributed by atoms with Crippen molar-refractivity contribution in [3.05, 3.63) is 71.9 Å². The number of benzene rings is 1. The van der Waals surface area contributed by atoms with Gasteiger partial charge in [-0.2, -0.15) is 4.98 Å². The van der Waals surface area contributed by atoms with Gasteiger partial charge in [0.15, 0.2) is 0 Å². The quantitative estimate of drug-likeness (QED) is 0.587. The highest BCUT2D eigenvalue weighted by molar-refractivity contribution is 5.91. The van der Waals surface area contributed by atoms with Crippen molar-refractivity contribution in [1.82, 2.24) is 20.4 Å². The SMILES string of the molecule is CC(C)c1ccc(/C=C/C(=O)NC(c2nc(-c3cccnc3)no2)C(C)C)cc1. The van der Waals surface area contributed by atoms with Crippen LogP contribution >= 0.6 is 0 Å². The summed E-state index contributed by atoms with van der Waals surface area (Å²) in [6.45, 7) is 8.30. The molecule has 6 heteroatoms. The normalized spacial score (nSPS) is 12.6. The molecule has 0 fully saturated rings. The van der Waals surface area contributed by atoms with Gasteiger partial charge in [-0.25, -0.2) is 0 Å². The van der Waals surface area contributed by atoms with Crippen LogP contribution in [0.3, 0.4) is 0 Å². The van der Waals surface area contributed by atoms with Crippen molar-refractivity contribution in [2.24, 2.45) is 5.92 Å². The molecule has 1 unspecified atom stereocenters. The summed E-state index contributed by atoms with van der Waals surface area (Å²) in [5.74, 6) is 1.18. The Balaban J connectivity index is 1.69. The molecule has 0 aliphatic carbocycles. The Hall–Kier alpha value is -3.28. The number of carbonyl (C=O) groups is 1. The van der Waals surface area contributed by atoms with Crippen LogP contribution in [0.5, 0.6) is 0 Å². The fraction of sp³-hybridized carbons (Fsp3) is 0.304. The van der Waals surface area contributed by atoms with Crippen LogP contribution in [0.1, 0.15) is 56.7 Å². The second-order valence-electron chi connectivity index (χ2n) is 7.58. The maximum absolute atomic E-state index is 12.5. The lowest BCUT2D eigenvalue weighted by molar-refractivity contribution is -0.117. The Kier molecular flexibility index (Phi) is 6.54. The Labute approximate surface area is 171 Å². The molecule has 0 aliphatic heterocycles. The Morgan fingerprint density at radius 2 is 1.86 bits per heavy atom. The van der Waals surface area contributed by atoms with Gasteiger partial charge in [-0.15, -0.1) is 0 Å². The molecule has 3 aromatic rings. The van der Waals surface area contributed by atoms with Crippen LogP contribution < -0.4 is 5.32 Å². The van der Waals surface area contributed by atoms with Gasteiger partial charge in [-0.1, -0.05) is 57.1 Å². The summed E-state index contributed by atoms with van der Waals surface area (Å²) in [6, 6.07) is 11.5. The van der Waals surface area contributed by atoms with E-state index in [0.29, 0.717) is 17.6 Å². The molecule has 3 rings (SSSR count). The molecular weight excluding hydrogens is 364 g/mol. The second-order valence-corrected chi connectivity index (χ2v) is 7.58. The Morgan fingerprint density at radius 1 is 1.10 bits per heavy atom. The zero-order chi connectivity index (χ0) is 20.8. The minimum absolute atomic E-state index is 0.0832. The summed E-state index contributed by atoms with van der Waals surface area (Å²) in [6.07, 6.45) is 6.68. The van der Waals surface area contributed by atoms with Gasteiger partial charge in [0.2, 0.25) is 17.6 Å². The van der Waals surface area contributed by atoms with Crippen molar-refractivity contribution >= 4 is 12.0 Å². The number of rotatable bonds is 7. The van der Waals surface area contributed by atoms with Crippen molar-refractivity contribution in [2.75, 3.05) is 0 Å². The molecule has 0 saturated heterocycles. The number of carbonyl (C=O) groups excluding carboxylic acids is 1. The summed E-state index contributed by atoms with van der Waals surface area (Å²) in [7, 11) is 0. The lowest BCUT2D eigenvalue weighted by Crippen LogP contribution is -2.30. The van der Waals surface area contributed by atoms with Gasteiger partial charge >= 0.3 is 0 Å². The van der Waals surface area contributed by atoms with Crippen molar-refractivity contribution in [2.45, 2.75) is 39.7 Å². The van der Waals surface area contributed by atoms with E-state index in [1.807, 2.05) is 38.1 Å². The average Bonchev–Trinajstić information content (AvgIpc) is 3.21. The highest BCUT2D eigenvalue weighted by atomic mass is 16.5. The monoisotopic (exact) mass is 390 g/mol. The van der Waals surface area contributed by atoms with E-state index in [0.717, 1.165) is 11.1 Å². The zero-order valence-electron chi connectivity index (χ0n) is 17.2. The molecule has 0 aliphatic rings. The van der Waals surface area contributed by atoms with E-state index in [-0.39, 0.29) is 17.9 Å². The average molecular weight is 390 g/mol. The van der Waals surface area contributed by atoms with Crippen LogP contribution in [0.4, 0.5) is 0 Å². The maximum atomic E-state index is 12.5. The van der Waals surface area contributed by atoms with Crippen LogP contribution in [0.25, 0.3) is 17.5 Å². The fourth-order valence-corrected chi connectivity index (χ4v) is 2.85. The lowest BCUT2D eigenvalue weighted by atomic mass is 10.0. The molecule has 0 spiro atoms. The molecular formula is C23H26N4O2. The smallest absolute Gasteiger partial charge is 0.249 e. The molecule has 1 atom stereocenters. The standard InChI is InChI=1S/C23H26N4O2/c1-15(2)18-10-7-17(8-11-18)9-12-20(28)25-21(16(3)4)23-26-22(27-29-23)19-6-5-13-24-14-19/h5-16,21H,1-4H3,(H,25,28)/b12-9+. The summed E-state index contributed by atoms with van der Waals surface area (Å²) in [4.78, 5) is 21.0. The number of aromatic nitrogens is 3. The number of nitrogens with zero attached hydrogens (tertiary/aromatic N) is 3. The molecule has 0 bridgehead atoms. The highest BCUT2D eigenvalue weighted by Crippen LogP contribution is 2.23. The molecule has 2 heterocycles. The molecule has 2 aromatic heterocycles. The minimum atomic E-state index is -0.381. The third-order valence-corrected chi connectivity index (χ3v) is 4.62. The number of hydrogen-bond acceptors (Lipinski definition) is 5. The van der Waals surface area contributed by atoms with Crippen LogP contribution in [0, 0.1) is 5.92 Å². The van der Waals surface area contributed by atoms with Gasteiger partial charge in [0.05, 0.1) is 0 Å². The lowest BCUT2D eigenvalue weighted by Gasteiger charge is -2.17. The first-order valence-corrected chi connectivity index (χ1v) is 9.76. The predicted octanol–water partition coefficient (Wildman–Crippen LogP) is 4.78. The molecule has 1 aromatic carbocycles.